The molecule has 0 spiro atoms. The Kier molecular flexibility index (Phi) is 2.33. The number of hydrogen-bond donors (Lipinski definition) is 1. The Morgan fingerprint density at radius 2 is 2.35 bits per heavy atom. The van der Waals surface area contributed by atoms with Gasteiger partial charge in [-0.3, -0.25) is 0 Å². The lowest BCUT2D eigenvalue weighted by Gasteiger charge is -2.38. The van der Waals surface area contributed by atoms with E-state index < -0.39 is 0 Å². The van der Waals surface area contributed by atoms with E-state index in [2.05, 4.69) is 21.6 Å². The summed E-state index contributed by atoms with van der Waals surface area (Å²) >= 11 is 0. The molecule has 3 rings (SSSR count). The topological polar surface area (TPSA) is 38.6 Å². The van der Waals surface area contributed by atoms with Crippen LogP contribution in [0.1, 0.15) is 12.6 Å². The van der Waals surface area contributed by atoms with Crippen LogP contribution in [0.25, 0.3) is 5.65 Å². The Morgan fingerprint density at radius 3 is 3.06 bits per heavy atom. The number of rotatable bonds is 3. The lowest BCUT2D eigenvalue weighted by molar-refractivity contribution is 0.102. The van der Waals surface area contributed by atoms with Gasteiger partial charge < -0.3 is 14.5 Å². The number of ether oxygens (including phenoxy) is 1. The van der Waals surface area contributed by atoms with Crippen LogP contribution in [-0.4, -0.2) is 29.1 Å². The van der Waals surface area contributed by atoms with Crippen LogP contribution in [0.4, 0.5) is 0 Å². The maximum atomic E-state index is 5.84. The summed E-state index contributed by atoms with van der Waals surface area (Å²) in [6, 6.07) is 3.99. The fourth-order valence-corrected chi connectivity index (χ4v) is 2.09. The van der Waals surface area contributed by atoms with Gasteiger partial charge in [0.25, 0.3) is 0 Å². The largest absolute Gasteiger partial charge is 0.493 e. The van der Waals surface area contributed by atoms with Crippen molar-refractivity contribution in [2.45, 2.75) is 13.8 Å². The highest BCUT2D eigenvalue weighted by Crippen LogP contribution is 2.23. The van der Waals surface area contributed by atoms with Gasteiger partial charge in [0, 0.05) is 42.7 Å². The summed E-state index contributed by atoms with van der Waals surface area (Å²) in [5.74, 6) is 0.899. The van der Waals surface area contributed by atoms with Crippen LogP contribution in [-0.2, 0) is 0 Å². The van der Waals surface area contributed by atoms with Crippen LogP contribution in [0, 0.1) is 12.3 Å². The molecule has 3 heterocycles. The van der Waals surface area contributed by atoms with Crippen molar-refractivity contribution in [1.82, 2.24) is 14.7 Å². The number of aryl methyl sites for hydroxylation is 1. The Hall–Kier alpha value is -1.55. The Morgan fingerprint density at radius 1 is 1.53 bits per heavy atom. The lowest BCUT2D eigenvalue weighted by Crippen LogP contribution is -2.54. The van der Waals surface area contributed by atoms with Crippen molar-refractivity contribution in [1.29, 1.82) is 0 Å². The molecule has 0 aromatic carbocycles. The van der Waals surface area contributed by atoms with E-state index in [0.717, 1.165) is 36.8 Å². The molecule has 0 amide bonds. The van der Waals surface area contributed by atoms with Gasteiger partial charge in [-0.15, -0.1) is 0 Å². The van der Waals surface area contributed by atoms with Crippen molar-refractivity contribution in [2.75, 3.05) is 19.7 Å². The predicted octanol–water partition coefficient (Wildman–Crippen LogP) is 1.63. The summed E-state index contributed by atoms with van der Waals surface area (Å²) in [6.07, 6.45) is 3.88. The summed E-state index contributed by atoms with van der Waals surface area (Å²) < 4.78 is 7.89. The average molecular weight is 231 g/mol. The molecule has 0 unspecified atom stereocenters. The number of pyridine rings is 1. The van der Waals surface area contributed by atoms with Gasteiger partial charge in [0.05, 0.1) is 6.61 Å². The number of aromatic nitrogens is 2. The molecule has 0 atom stereocenters. The number of imidazole rings is 1. The van der Waals surface area contributed by atoms with Gasteiger partial charge >= 0.3 is 0 Å². The van der Waals surface area contributed by atoms with Crippen molar-refractivity contribution >= 4 is 5.65 Å². The van der Waals surface area contributed by atoms with Crippen LogP contribution in [0.5, 0.6) is 5.75 Å². The molecule has 1 aliphatic heterocycles. The van der Waals surface area contributed by atoms with Crippen LogP contribution in [0.3, 0.4) is 0 Å². The van der Waals surface area contributed by atoms with Crippen LogP contribution < -0.4 is 10.1 Å². The second-order valence-corrected chi connectivity index (χ2v) is 5.19. The van der Waals surface area contributed by atoms with Crippen molar-refractivity contribution < 1.29 is 4.74 Å². The van der Waals surface area contributed by atoms with Crippen LogP contribution >= 0.6 is 0 Å². The number of nitrogens with zero attached hydrogens (tertiary/aromatic N) is 2. The van der Waals surface area contributed by atoms with E-state index in [1.807, 2.05) is 31.5 Å². The molecule has 0 saturated carbocycles. The average Bonchev–Trinajstić information content (AvgIpc) is 2.66. The zero-order valence-corrected chi connectivity index (χ0v) is 10.2. The minimum absolute atomic E-state index is 0.289. The van der Waals surface area contributed by atoms with Gasteiger partial charge in [0.2, 0.25) is 0 Å². The third kappa shape index (κ3) is 1.89. The van der Waals surface area contributed by atoms with Gasteiger partial charge in [-0.05, 0) is 13.0 Å². The molecule has 1 aliphatic rings. The molecule has 0 radical (unpaired) electrons. The van der Waals surface area contributed by atoms with Gasteiger partial charge in [-0.1, -0.05) is 6.92 Å². The van der Waals surface area contributed by atoms with E-state index in [0.29, 0.717) is 0 Å². The van der Waals surface area contributed by atoms with Gasteiger partial charge in [-0.25, -0.2) is 4.98 Å². The first-order chi connectivity index (χ1) is 8.16. The molecular formula is C13H17N3O. The minimum Gasteiger partial charge on any atom is -0.493 e. The molecule has 2 aromatic rings. The maximum Gasteiger partial charge on any atom is 0.140 e. The molecule has 1 saturated heterocycles. The van der Waals surface area contributed by atoms with Crippen LogP contribution in [0.2, 0.25) is 0 Å². The number of nitrogens with one attached hydrogen (secondary N) is 1. The Balaban J connectivity index is 1.76. The molecule has 4 heteroatoms. The van der Waals surface area contributed by atoms with E-state index in [9.17, 15) is 0 Å². The third-order valence-corrected chi connectivity index (χ3v) is 3.36. The van der Waals surface area contributed by atoms with Gasteiger partial charge in [0.1, 0.15) is 11.4 Å². The molecule has 90 valence electrons. The summed E-state index contributed by atoms with van der Waals surface area (Å²) in [5, 5.41) is 3.27. The fourth-order valence-electron chi connectivity index (χ4n) is 2.09. The van der Waals surface area contributed by atoms with Crippen molar-refractivity contribution in [3.63, 3.8) is 0 Å². The molecular weight excluding hydrogens is 214 g/mol. The molecule has 0 aliphatic carbocycles. The van der Waals surface area contributed by atoms with Gasteiger partial charge in [-0.2, -0.15) is 0 Å². The Bertz CT molecular complexity index is 543. The zero-order chi connectivity index (χ0) is 11.9. The monoisotopic (exact) mass is 231 g/mol. The first kappa shape index (κ1) is 10.6. The first-order valence-corrected chi connectivity index (χ1v) is 5.94. The van der Waals surface area contributed by atoms with Crippen molar-refractivity contribution in [2.24, 2.45) is 5.41 Å². The van der Waals surface area contributed by atoms with E-state index in [1.54, 1.807) is 0 Å². The Labute approximate surface area is 101 Å². The standard InChI is InChI=1S/C13H17N3O/c1-10-6-15-12-5-11(3-4-16(10)12)17-9-13(2)7-14-8-13/h3-6,14H,7-9H2,1-2H3. The highest BCUT2D eigenvalue weighted by atomic mass is 16.5. The highest BCUT2D eigenvalue weighted by molar-refractivity contribution is 5.45. The van der Waals surface area contributed by atoms with Crippen LogP contribution in [0.15, 0.2) is 24.5 Å². The second kappa shape index (κ2) is 3.74. The molecule has 4 nitrogen and oxygen atoms in total. The van der Waals surface area contributed by atoms with E-state index >= 15 is 0 Å². The molecule has 17 heavy (non-hydrogen) atoms. The summed E-state index contributed by atoms with van der Waals surface area (Å²) in [6.45, 7) is 7.12. The highest BCUT2D eigenvalue weighted by Gasteiger charge is 2.32. The molecule has 0 bridgehead atoms. The van der Waals surface area contributed by atoms with Crippen molar-refractivity contribution in [3.8, 4) is 5.75 Å². The summed E-state index contributed by atoms with van der Waals surface area (Å²) in [4.78, 5) is 4.33. The van der Waals surface area contributed by atoms with E-state index in [1.165, 1.54) is 0 Å². The summed E-state index contributed by atoms with van der Waals surface area (Å²) in [7, 11) is 0. The number of fused-ring (bicyclic) bond motifs is 1. The van der Waals surface area contributed by atoms with Crippen molar-refractivity contribution in [3.05, 3.63) is 30.2 Å². The fraction of sp³-hybridized carbons (Fsp3) is 0.462. The van der Waals surface area contributed by atoms with E-state index in [-0.39, 0.29) is 5.41 Å². The summed E-state index contributed by atoms with van der Waals surface area (Å²) in [5.41, 5.74) is 2.37. The molecule has 2 aromatic heterocycles. The zero-order valence-electron chi connectivity index (χ0n) is 10.2. The van der Waals surface area contributed by atoms with Gasteiger partial charge in [0.15, 0.2) is 0 Å². The number of hydrogen-bond acceptors (Lipinski definition) is 3. The predicted molar refractivity (Wildman–Crippen MR) is 66.4 cm³/mol. The third-order valence-electron chi connectivity index (χ3n) is 3.36. The molecule has 1 N–H and O–H groups in total. The second-order valence-electron chi connectivity index (χ2n) is 5.19. The maximum absolute atomic E-state index is 5.84. The first-order valence-electron chi connectivity index (χ1n) is 5.94. The van der Waals surface area contributed by atoms with E-state index in [4.69, 9.17) is 4.74 Å². The molecule has 1 fully saturated rings. The lowest BCUT2D eigenvalue weighted by atomic mass is 9.85. The quantitative estimate of drug-likeness (QED) is 0.872. The minimum atomic E-state index is 0.289. The smallest absolute Gasteiger partial charge is 0.140 e. The SMILES string of the molecule is Cc1cnc2cc(OCC3(C)CNC3)ccn12. The normalized spacial score (nSPS) is 18.0.